The average molecular weight is 183 g/mol. The summed E-state index contributed by atoms with van der Waals surface area (Å²) in [4.78, 5) is 0. The van der Waals surface area contributed by atoms with E-state index >= 15 is 0 Å². The van der Waals surface area contributed by atoms with Crippen molar-refractivity contribution in [2.24, 2.45) is 10.2 Å². The van der Waals surface area contributed by atoms with E-state index in [0.717, 1.165) is 10.7 Å². The molecule has 0 aromatic heterocycles. The Bertz CT molecular complexity index is 264. The number of rotatable bonds is 2. The Morgan fingerprint density at radius 3 is 2.25 bits per heavy atom. The van der Waals surface area contributed by atoms with Gasteiger partial charge in [0, 0.05) is 5.02 Å². The highest BCUT2D eigenvalue weighted by atomic mass is 35.5. The summed E-state index contributed by atoms with van der Waals surface area (Å²) in [5, 5.41) is 8.74. The Labute approximate surface area is 77.3 Å². The Morgan fingerprint density at radius 1 is 1.17 bits per heavy atom. The first-order chi connectivity index (χ1) is 5.68. The molecule has 3 heteroatoms. The van der Waals surface area contributed by atoms with E-state index < -0.39 is 0 Å². The van der Waals surface area contributed by atoms with Crippen molar-refractivity contribution in [1.29, 1.82) is 0 Å². The van der Waals surface area contributed by atoms with E-state index in [9.17, 15) is 0 Å². The summed E-state index contributed by atoms with van der Waals surface area (Å²) >= 11 is 5.70. The van der Waals surface area contributed by atoms with Crippen LogP contribution in [0.5, 0.6) is 0 Å². The second-order valence-electron chi connectivity index (χ2n) is 2.79. The van der Waals surface area contributed by atoms with E-state index in [-0.39, 0.29) is 6.04 Å². The van der Waals surface area contributed by atoms with E-state index in [2.05, 4.69) is 10.2 Å². The molecule has 1 aromatic rings. The topological polar surface area (TPSA) is 24.7 Å². The van der Waals surface area contributed by atoms with Gasteiger partial charge in [0.25, 0.3) is 0 Å². The minimum Gasteiger partial charge on any atom is -0.186 e. The highest BCUT2D eigenvalue weighted by molar-refractivity contribution is 6.30. The van der Waals surface area contributed by atoms with E-state index in [1.807, 2.05) is 26.0 Å². The SMILES string of the molecule is CC(C)N=Nc1ccc(Cl)cc1. The zero-order chi connectivity index (χ0) is 8.97. The van der Waals surface area contributed by atoms with E-state index in [1.165, 1.54) is 0 Å². The van der Waals surface area contributed by atoms with Crippen molar-refractivity contribution in [3.05, 3.63) is 29.3 Å². The lowest BCUT2D eigenvalue weighted by molar-refractivity contribution is 0.779. The van der Waals surface area contributed by atoms with Gasteiger partial charge in [0.05, 0.1) is 11.7 Å². The summed E-state index contributed by atoms with van der Waals surface area (Å²) in [6.45, 7) is 3.97. The standard InChI is InChI=1S/C9H11ClN2/c1-7(2)11-12-9-5-3-8(10)4-6-9/h3-7H,1-2H3. The van der Waals surface area contributed by atoms with Crippen LogP contribution in [0.1, 0.15) is 13.8 Å². The highest BCUT2D eigenvalue weighted by Gasteiger charge is 1.90. The number of benzene rings is 1. The predicted molar refractivity (Wildman–Crippen MR) is 51.1 cm³/mol. The Morgan fingerprint density at radius 2 is 1.75 bits per heavy atom. The smallest absolute Gasteiger partial charge is 0.0853 e. The fourth-order valence-corrected chi connectivity index (χ4v) is 0.816. The number of nitrogens with zero attached hydrogens (tertiary/aromatic N) is 2. The predicted octanol–water partition coefficient (Wildman–Crippen LogP) is 3.83. The molecule has 1 aromatic carbocycles. The lowest BCUT2D eigenvalue weighted by Crippen LogP contribution is -1.83. The van der Waals surface area contributed by atoms with Crippen LogP contribution in [0.15, 0.2) is 34.5 Å². The zero-order valence-electron chi connectivity index (χ0n) is 7.16. The highest BCUT2D eigenvalue weighted by Crippen LogP contribution is 2.16. The summed E-state index contributed by atoms with van der Waals surface area (Å²) in [7, 11) is 0. The lowest BCUT2D eigenvalue weighted by Gasteiger charge is -1.94. The van der Waals surface area contributed by atoms with E-state index in [0.29, 0.717) is 0 Å². The first-order valence-corrected chi connectivity index (χ1v) is 4.22. The molecule has 0 aliphatic heterocycles. The molecule has 0 fully saturated rings. The molecule has 0 bridgehead atoms. The minimum atomic E-state index is 0.237. The first kappa shape index (κ1) is 9.20. The van der Waals surface area contributed by atoms with Crippen LogP contribution in [0, 0.1) is 0 Å². The van der Waals surface area contributed by atoms with Crippen molar-refractivity contribution in [1.82, 2.24) is 0 Å². The summed E-state index contributed by atoms with van der Waals surface area (Å²) < 4.78 is 0. The molecule has 0 N–H and O–H groups in total. The van der Waals surface area contributed by atoms with Crippen LogP contribution >= 0.6 is 11.6 Å². The van der Waals surface area contributed by atoms with Gasteiger partial charge in [-0.1, -0.05) is 11.6 Å². The maximum Gasteiger partial charge on any atom is 0.0853 e. The molecule has 12 heavy (non-hydrogen) atoms. The van der Waals surface area contributed by atoms with Gasteiger partial charge in [-0.15, -0.1) is 0 Å². The molecular weight excluding hydrogens is 172 g/mol. The van der Waals surface area contributed by atoms with Crippen LogP contribution in [-0.2, 0) is 0 Å². The molecule has 0 heterocycles. The maximum absolute atomic E-state index is 5.70. The second-order valence-corrected chi connectivity index (χ2v) is 3.22. The van der Waals surface area contributed by atoms with Crippen molar-refractivity contribution in [2.75, 3.05) is 0 Å². The third-order valence-electron chi connectivity index (χ3n) is 1.23. The van der Waals surface area contributed by atoms with Crippen molar-refractivity contribution in [3.8, 4) is 0 Å². The van der Waals surface area contributed by atoms with Crippen LogP contribution in [-0.4, -0.2) is 6.04 Å². The van der Waals surface area contributed by atoms with Crippen molar-refractivity contribution in [2.45, 2.75) is 19.9 Å². The molecule has 0 saturated heterocycles. The number of hydrogen-bond acceptors (Lipinski definition) is 2. The summed E-state index contributed by atoms with van der Waals surface area (Å²) in [5.74, 6) is 0. The van der Waals surface area contributed by atoms with Gasteiger partial charge in [0.2, 0.25) is 0 Å². The van der Waals surface area contributed by atoms with Crippen molar-refractivity contribution >= 4 is 17.3 Å². The largest absolute Gasteiger partial charge is 0.186 e. The summed E-state index contributed by atoms with van der Waals surface area (Å²) in [5.41, 5.74) is 0.841. The van der Waals surface area contributed by atoms with Crippen LogP contribution in [0.25, 0.3) is 0 Å². The first-order valence-electron chi connectivity index (χ1n) is 3.85. The van der Waals surface area contributed by atoms with Gasteiger partial charge in [-0.25, -0.2) is 0 Å². The third kappa shape index (κ3) is 3.01. The molecule has 0 aliphatic carbocycles. The van der Waals surface area contributed by atoms with Gasteiger partial charge in [-0.2, -0.15) is 10.2 Å². The van der Waals surface area contributed by atoms with Gasteiger partial charge in [0.15, 0.2) is 0 Å². The Kier molecular flexibility index (Phi) is 3.23. The van der Waals surface area contributed by atoms with Crippen LogP contribution in [0.3, 0.4) is 0 Å². The normalized spacial score (nSPS) is 11.3. The molecule has 0 atom stereocenters. The monoisotopic (exact) mass is 182 g/mol. The molecule has 64 valence electrons. The minimum absolute atomic E-state index is 0.237. The van der Waals surface area contributed by atoms with Crippen molar-refractivity contribution in [3.63, 3.8) is 0 Å². The second kappa shape index (κ2) is 4.21. The molecule has 0 saturated carbocycles. The molecule has 1 rings (SSSR count). The lowest BCUT2D eigenvalue weighted by atomic mass is 10.3. The average Bonchev–Trinajstić information content (AvgIpc) is 2.03. The molecule has 2 nitrogen and oxygen atoms in total. The molecular formula is C9H11ClN2. The van der Waals surface area contributed by atoms with E-state index in [4.69, 9.17) is 11.6 Å². The van der Waals surface area contributed by atoms with Gasteiger partial charge in [-0.05, 0) is 38.1 Å². The summed E-state index contributed by atoms with van der Waals surface area (Å²) in [6, 6.07) is 7.52. The summed E-state index contributed by atoms with van der Waals surface area (Å²) in [6.07, 6.45) is 0. The quantitative estimate of drug-likeness (QED) is 0.621. The van der Waals surface area contributed by atoms with Gasteiger partial charge in [-0.3, -0.25) is 0 Å². The van der Waals surface area contributed by atoms with Crippen LogP contribution < -0.4 is 0 Å². The Hall–Kier alpha value is -0.890. The van der Waals surface area contributed by atoms with Crippen LogP contribution in [0.4, 0.5) is 5.69 Å². The molecule has 0 aliphatic rings. The molecule has 0 unspecified atom stereocenters. The Balaban J connectivity index is 2.71. The van der Waals surface area contributed by atoms with Crippen molar-refractivity contribution < 1.29 is 0 Å². The molecule has 0 amide bonds. The fourth-order valence-electron chi connectivity index (χ4n) is 0.690. The van der Waals surface area contributed by atoms with Crippen LogP contribution in [0.2, 0.25) is 5.02 Å². The third-order valence-corrected chi connectivity index (χ3v) is 1.48. The maximum atomic E-state index is 5.70. The number of hydrogen-bond donors (Lipinski definition) is 0. The molecule has 0 spiro atoms. The van der Waals surface area contributed by atoms with Gasteiger partial charge in [0.1, 0.15) is 0 Å². The van der Waals surface area contributed by atoms with Gasteiger partial charge >= 0.3 is 0 Å². The fraction of sp³-hybridized carbons (Fsp3) is 0.333. The number of halogens is 1. The van der Waals surface area contributed by atoms with E-state index in [1.54, 1.807) is 12.1 Å². The zero-order valence-corrected chi connectivity index (χ0v) is 7.92. The van der Waals surface area contributed by atoms with Gasteiger partial charge < -0.3 is 0 Å². The molecule has 0 radical (unpaired) electrons. The number of azo groups is 1.